The lowest BCUT2D eigenvalue weighted by Crippen LogP contribution is -2.55. The minimum Gasteiger partial charge on any atom is -0.431 e. The first-order valence-corrected chi connectivity index (χ1v) is 16.3. The van der Waals surface area contributed by atoms with Crippen molar-refractivity contribution in [1.82, 2.24) is 14.8 Å². The number of hydrazone groups is 1. The zero-order chi connectivity index (χ0) is 33.3. The number of piperidine rings is 2. The van der Waals surface area contributed by atoms with Gasteiger partial charge in [0.2, 0.25) is 23.6 Å². The van der Waals surface area contributed by atoms with Crippen molar-refractivity contribution in [2.24, 2.45) is 22.4 Å². The fourth-order valence-corrected chi connectivity index (χ4v) is 7.84. The third kappa shape index (κ3) is 7.01. The first-order chi connectivity index (χ1) is 22.5. The zero-order valence-corrected chi connectivity index (χ0v) is 25.9. The van der Waals surface area contributed by atoms with E-state index in [4.69, 9.17) is 5.10 Å². The number of halogens is 4. The molecule has 3 fully saturated rings. The van der Waals surface area contributed by atoms with Gasteiger partial charge in [0.05, 0.1) is 17.7 Å². The molecular formula is C33H38F4N4O6. The van der Waals surface area contributed by atoms with Gasteiger partial charge in [0, 0.05) is 37.4 Å². The highest BCUT2D eigenvalue weighted by Gasteiger charge is 2.46. The molecule has 3 heterocycles. The van der Waals surface area contributed by atoms with E-state index in [2.05, 4.69) is 9.47 Å². The van der Waals surface area contributed by atoms with Crippen LogP contribution in [0.2, 0.25) is 0 Å². The Morgan fingerprint density at radius 3 is 2.13 bits per heavy atom. The lowest BCUT2D eigenvalue weighted by molar-refractivity contribution is -0.159. The third-order valence-corrected chi connectivity index (χ3v) is 10.2. The van der Waals surface area contributed by atoms with Crippen molar-refractivity contribution in [1.29, 1.82) is 0 Å². The molecule has 0 aromatic heterocycles. The molecule has 2 aliphatic carbocycles. The summed E-state index contributed by atoms with van der Waals surface area (Å²) in [6.07, 6.45) is 11.0. The van der Waals surface area contributed by atoms with E-state index in [9.17, 15) is 36.7 Å². The largest absolute Gasteiger partial charge is 0.431 e. The van der Waals surface area contributed by atoms with Crippen molar-refractivity contribution < 1.29 is 46.2 Å². The van der Waals surface area contributed by atoms with Gasteiger partial charge in [-0.25, -0.2) is 5.01 Å². The highest BCUT2D eigenvalue weighted by atomic mass is 19.3. The topological polar surface area (TPSA) is 109 Å². The minimum absolute atomic E-state index is 0.185. The molecule has 5 aliphatic rings. The van der Waals surface area contributed by atoms with Crippen molar-refractivity contribution >= 4 is 29.3 Å². The fourth-order valence-electron chi connectivity index (χ4n) is 7.84. The Labute approximate surface area is 269 Å². The number of ether oxygens (including phenoxy) is 2. The van der Waals surface area contributed by atoms with Crippen LogP contribution in [0.4, 0.5) is 17.6 Å². The Hall–Kier alpha value is -3.97. The first-order valence-electron chi connectivity index (χ1n) is 16.3. The van der Waals surface area contributed by atoms with E-state index in [1.165, 1.54) is 17.1 Å². The van der Waals surface area contributed by atoms with Crippen molar-refractivity contribution in [2.45, 2.75) is 89.9 Å². The number of nitrogens with zero attached hydrogens (tertiary/aromatic N) is 4. The van der Waals surface area contributed by atoms with E-state index in [1.807, 2.05) is 12.2 Å². The molecule has 254 valence electrons. The smallest absolute Gasteiger partial charge is 0.387 e. The number of alkyl halides is 4. The van der Waals surface area contributed by atoms with Gasteiger partial charge in [0.25, 0.3) is 0 Å². The summed E-state index contributed by atoms with van der Waals surface area (Å²) in [5, 5.41) is 6.12. The van der Waals surface area contributed by atoms with Crippen LogP contribution in [-0.2, 0) is 19.2 Å². The standard InChI is InChI=1S/C33H38F4N4O6/c34-31(35)46-24-9-8-20(16-25(24)47-32(36)37)29-22-6-2-3-7-23(22)30(45)41(38-29)21-10-14-39(15-11-21)28(44)19-40-26(42)17-33(18-27(40)43)12-4-1-5-13-33/h2-3,8-9,16,21-23,31-32H,1,4-7,10-15,17-19H2/t22-,23+/m0/s1. The number of rotatable bonds is 8. The molecule has 6 rings (SSSR count). The summed E-state index contributed by atoms with van der Waals surface area (Å²) < 4.78 is 61.0. The quantitative estimate of drug-likeness (QED) is 0.218. The van der Waals surface area contributed by atoms with Crippen molar-refractivity contribution in [3.8, 4) is 11.5 Å². The number of hydrogen-bond acceptors (Lipinski definition) is 7. The van der Waals surface area contributed by atoms with E-state index < -0.39 is 30.6 Å². The SMILES string of the molecule is O=C(CN1C(=O)CC2(CCCCC2)CC1=O)N1CCC(N2N=C(c3ccc(OC(F)F)c(OC(F)F)c3)[C@H]3CC=CC[C@H]3C2=O)CC1. The minimum atomic E-state index is -3.28. The molecule has 14 heteroatoms. The van der Waals surface area contributed by atoms with Crippen molar-refractivity contribution in [2.75, 3.05) is 19.6 Å². The lowest BCUT2D eigenvalue weighted by Gasteiger charge is -2.43. The summed E-state index contributed by atoms with van der Waals surface area (Å²) in [5.41, 5.74) is 0.512. The first kappa shape index (κ1) is 33.0. The summed E-state index contributed by atoms with van der Waals surface area (Å²) >= 11 is 0. The second-order valence-electron chi connectivity index (χ2n) is 13.1. The van der Waals surface area contributed by atoms with Crippen LogP contribution in [0.3, 0.4) is 0 Å². The van der Waals surface area contributed by atoms with Gasteiger partial charge in [0.15, 0.2) is 11.5 Å². The molecular weight excluding hydrogens is 624 g/mol. The molecule has 2 saturated heterocycles. The number of benzene rings is 1. The average molecular weight is 663 g/mol. The van der Waals surface area contributed by atoms with Gasteiger partial charge in [-0.1, -0.05) is 31.4 Å². The van der Waals surface area contributed by atoms with Crippen LogP contribution in [0, 0.1) is 17.3 Å². The Balaban J connectivity index is 1.15. The maximum Gasteiger partial charge on any atom is 0.387 e. The predicted molar refractivity (Wildman–Crippen MR) is 160 cm³/mol. The normalized spacial score (nSPS) is 25.0. The second-order valence-corrected chi connectivity index (χ2v) is 13.1. The fraction of sp³-hybridized carbons (Fsp3) is 0.606. The van der Waals surface area contributed by atoms with E-state index in [0.717, 1.165) is 43.1 Å². The van der Waals surface area contributed by atoms with Gasteiger partial charge >= 0.3 is 13.2 Å². The van der Waals surface area contributed by atoms with Gasteiger partial charge in [-0.15, -0.1) is 0 Å². The number of imide groups is 1. The number of hydrogen-bond donors (Lipinski definition) is 0. The summed E-state index contributed by atoms with van der Waals surface area (Å²) in [6.45, 7) is -6.25. The van der Waals surface area contributed by atoms with Crippen LogP contribution in [-0.4, -0.2) is 83.0 Å². The van der Waals surface area contributed by atoms with Gasteiger partial charge in [0.1, 0.15) is 6.54 Å². The van der Waals surface area contributed by atoms with Gasteiger partial charge < -0.3 is 14.4 Å². The molecule has 0 bridgehead atoms. The molecule has 0 N–H and O–H groups in total. The number of likely N-dealkylation sites (tertiary alicyclic amines) is 2. The predicted octanol–water partition coefficient (Wildman–Crippen LogP) is 5.11. The van der Waals surface area contributed by atoms with Gasteiger partial charge in [-0.2, -0.15) is 22.7 Å². The average Bonchev–Trinajstić information content (AvgIpc) is 3.04. The van der Waals surface area contributed by atoms with Crippen molar-refractivity contribution in [3.05, 3.63) is 35.9 Å². The third-order valence-electron chi connectivity index (χ3n) is 10.2. The molecule has 4 amide bonds. The molecule has 1 aromatic rings. The Bertz CT molecular complexity index is 1430. The molecule has 1 spiro atoms. The number of allylic oxidation sites excluding steroid dienone is 2. The monoisotopic (exact) mass is 662 g/mol. The van der Waals surface area contributed by atoms with Crippen LogP contribution in [0.1, 0.15) is 76.2 Å². The van der Waals surface area contributed by atoms with E-state index >= 15 is 0 Å². The lowest BCUT2D eigenvalue weighted by atomic mass is 9.67. The Kier molecular flexibility index (Phi) is 9.56. The summed E-state index contributed by atoms with van der Waals surface area (Å²) in [5.74, 6) is -3.04. The highest BCUT2D eigenvalue weighted by molar-refractivity contribution is 6.07. The second kappa shape index (κ2) is 13.6. The zero-order valence-electron chi connectivity index (χ0n) is 25.9. The Morgan fingerprint density at radius 2 is 1.49 bits per heavy atom. The van der Waals surface area contributed by atoms with Crippen LogP contribution in [0.25, 0.3) is 0 Å². The molecule has 1 aromatic carbocycles. The molecule has 1 saturated carbocycles. The molecule has 47 heavy (non-hydrogen) atoms. The highest BCUT2D eigenvalue weighted by Crippen LogP contribution is 2.45. The van der Waals surface area contributed by atoms with Crippen LogP contribution < -0.4 is 9.47 Å². The number of carbonyl (C=O) groups is 4. The van der Waals surface area contributed by atoms with E-state index in [-0.39, 0.29) is 47.5 Å². The maximum absolute atomic E-state index is 13.7. The summed E-state index contributed by atoms with van der Waals surface area (Å²) in [6, 6.07) is 3.36. The molecule has 3 aliphatic heterocycles. The molecule has 2 atom stereocenters. The molecule has 0 unspecified atom stereocenters. The summed E-state index contributed by atoms with van der Waals surface area (Å²) in [4.78, 5) is 55.6. The van der Waals surface area contributed by atoms with Gasteiger partial charge in [-0.05, 0) is 62.1 Å². The summed E-state index contributed by atoms with van der Waals surface area (Å²) in [7, 11) is 0. The molecule has 0 radical (unpaired) electrons. The van der Waals surface area contributed by atoms with Crippen LogP contribution in [0.15, 0.2) is 35.5 Å². The molecule has 10 nitrogen and oxygen atoms in total. The number of amides is 4. The Morgan fingerprint density at radius 1 is 0.872 bits per heavy atom. The van der Waals surface area contributed by atoms with Crippen molar-refractivity contribution in [3.63, 3.8) is 0 Å². The van der Waals surface area contributed by atoms with E-state index in [1.54, 1.807) is 4.90 Å². The van der Waals surface area contributed by atoms with Crippen LogP contribution >= 0.6 is 0 Å². The number of carbonyl (C=O) groups excluding carboxylic acids is 4. The van der Waals surface area contributed by atoms with Gasteiger partial charge in [-0.3, -0.25) is 24.1 Å². The number of fused-ring (bicyclic) bond motifs is 1. The van der Waals surface area contributed by atoms with Crippen LogP contribution in [0.5, 0.6) is 11.5 Å². The van der Waals surface area contributed by atoms with E-state index in [0.29, 0.717) is 62.9 Å². The maximum atomic E-state index is 13.7.